The Balaban J connectivity index is 0.00000147. The molecule has 6 nitrogen and oxygen atoms in total. The number of aromatic nitrogens is 2. The number of nitrogens with one attached hydrogen (secondary N) is 1. The van der Waals surface area contributed by atoms with Crippen molar-refractivity contribution in [3.8, 4) is 0 Å². The van der Waals surface area contributed by atoms with Gasteiger partial charge in [0.25, 0.3) is 0 Å². The van der Waals surface area contributed by atoms with E-state index in [2.05, 4.69) is 10.4 Å². The van der Waals surface area contributed by atoms with Crippen LogP contribution in [0.1, 0.15) is 24.5 Å². The molecule has 3 N–H and O–H groups in total. The molecule has 1 aromatic heterocycles. The number of carbonyl (C=O) groups is 2. The van der Waals surface area contributed by atoms with Gasteiger partial charge in [0.15, 0.2) is 0 Å². The summed E-state index contributed by atoms with van der Waals surface area (Å²) in [6.07, 6.45) is 0.852. The van der Waals surface area contributed by atoms with E-state index < -0.39 is 0 Å². The highest BCUT2D eigenvalue weighted by Crippen LogP contribution is 2.30. The molecule has 106 valence electrons. The highest BCUT2D eigenvalue weighted by Gasteiger charge is 2.31. The molecule has 1 aromatic carbocycles. The maximum absolute atomic E-state index is 11.9. The Morgan fingerprint density at radius 2 is 2.15 bits per heavy atom. The standard InChI is InChI=1S/C13H14N4O2.ClH/c1-17-10-6-7(14)2-3-8(10)12(16-17)9-4-5-11(18)15-13(9)19;/h2-3,6,9H,4-5,14H2,1H3,(H,15,18,19);1H. The Morgan fingerprint density at radius 3 is 2.85 bits per heavy atom. The number of hydrogen-bond acceptors (Lipinski definition) is 4. The molecule has 2 amide bonds. The van der Waals surface area contributed by atoms with Crippen LogP contribution in [0.15, 0.2) is 18.2 Å². The van der Waals surface area contributed by atoms with Gasteiger partial charge in [-0.15, -0.1) is 12.4 Å². The van der Waals surface area contributed by atoms with Crippen molar-refractivity contribution >= 4 is 40.8 Å². The number of piperidine rings is 1. The average Bonchev–Trinajstić information content (AvgIpc) is 2.66. The van der Waals surface area contributed by atoms with Gasteiger partial charge in [-0.05, 0) is 24.6 Å². The number of halogens is 1. The topological polar surface area (TPSA) is 90.0 Å². The molecular formula is C13H15ClN4O2. The monoisotopic (exact) mass is 294 g/mol. The Bertz CT molecular complexity index is 695. The molecule has 1 aliphatic heterocycles. The fraction of sp³-hybridized carbons (Fsp3) is 0.308. The average molecular weight is 295 g/mol. The minimum atomic E-state index is -0.370. The molecule has 2 heterocycles. The van der Waals surface area contributed by atoms with E-state index in [1.807, 2.05) is 19.2 Å². The number of hydrogen-bond donors (Lipinski definition) is 2. The Morgan fingerprint density at radius 1 is 1.40 bits per heavy atom. The maximum Gasteiger partial charge on any atom is 0.235 e. The molecule has 3 rings (SSSR count). The Hall–Kier alpha value is -2.08. The third kappa shape index (κ3) is 2.22. The van der Waals surface area contributed by atoms with E-state index in [0.717, 1.165) is 10.9 Å². The van der Waals surface area contributed by atoms with Gasteiger partial charge in [-0.3, -0.25) is 19.6 Å². The first-order chi connectivity index (χ1) is 9.06. The number of nitrogens with two attached hydrogens (primary N) is 1. The highest BCUT2D eigenvalue weighted by molar-refractivity contribution is 6.02. The molecule has 0 aliphatic carbocycles. The largest absolute Gasteiger partial charge is 0.399 e. The molecule has 1 fully saturated rings. The molecule has 0 bridgehead atoms. The number of carbonyl (C=O) groups excluding carboxylic acids is 2. The zero-order chi connectivity index (χ0) is 13.6. The zero-order valence-corrected chi connectivity index (χ0v) is 11.7. The third-order valence-corrected chi connectivity index (χ3v) is 3.47. The van der Waals surface area contributed by atoms with E-state index in [1.54, 1.807) is 10.7 Å². The molecule has 0 spiro atoms. The second kappa shape index (κ2) is 5.13. The van der Waals surface area contributed by atoms with E-state index in [-0.39, 0.29) is 30.1 Å². The summed E-state index contributed by atoms with van der Waals surface area (Å²) >= 11 is 0. The van der Waals surface area contributed by atoms with Crippen molar-refractivity contribution in [3.63, 3.8) is 0 Å². The molecule has 20 heavy (non-hydrogen) atoms. The fourth-order valence-corrected chi connectivity index (χ4v) is 2.51. The van der Waals surface area contributed by atoms with Crippen LogP contribution in [0.2, 0.25) is 0 Å². The zero-order valence-electron chi connectivity index (χ0n) is 10.9. The van der Waals surface area contributed by atoms with E-state index in [4.69, 9.17) is 5.73 Å². The molecular weight excluding hydrogens is 280 g/mol. The van der Waals surface area contributed by atoms with Crippen LogP contribution in [0.4, 0.5) is 5.69 Å². The normalized spacial score (nSPS) is 18.8. The first-order valence-electron chi connectivity index (χ1n) is 6.12. The summed E-state index contributed by atoms with van der Waals surface area (Å²) in [5.41, 5.74) is 8.02. The van der Waals surface area contributed by atoms with Crippen LogP contribution in [0.3, 0.4) is 0 Å². The predicted molar refractivity (Wildman–Crippen MR) is 77.5 cm³/mol. The van der Waals surface area contributed by atoms with Gasteiger partial charge >= 0.3 is 0 Å². The predicted octanol–water partition coefficient (Wildman–Crippen LogP) is 1.10. The number of nitrogens with zero attached hydrogens (tertiary/aromatic N) is 2. The van der Waals surface area contributed by atoms with Gasteiger partial charge in [0, 0.05) is 24.5 Å². The van der Waals surface area contributed by atoms with E-state index in [0.29, 0.717) is 24.2 Å². The molecule has 1 unspecified atom stereocenters. The molecule has 0 radical (unpaired) electrons. The van der Waals surface area contributed by atoms with Crippen LogP contribution in [-0.2, 0) is 16.6 Å². The van der Waals surface area contributed by atoms with Crippen LogP contribution in [0.25, 0.3) is 10.9 Å². The summed E-state index contributed by atoms with van der Waals surface area (Å²) in [6.45, 7) is 0. The van der Waals surface area contributed by atoms with Gasteiger partial charge in [-0.1, -0.05) is 0 Å². The van der Waals surface area contributed by atoms with Crippen LogP contribution < -0.4 is 11.1 Å². The summed E-state index contributed by atoms with van der Waals surface area (Å²) in [6, 6.07) is 5.49. The summed E-state index contributed by atoms with van der Waals surface area (Å²) in [7, 11) is 1.82. The van der Waals surface area contributed by atoms with E-state index in [9.17, 15) is 9.59 Å². The lowest BCUT2D eigenvalue weighted by Gasteiger charge is -2.19. The molecule has 7 heteroatoms. The van der Waals surface area contributed by atoms with Crippen LogP contribution in [-0.4, -0.2) is 21.6 Å². The molecule has 2 aromatic rings. The van der Waals surface area contributed by atoms with E-state index in [1.165, 1.54) is 0 Å². The van der Waals surface area contributed by atoms with Gasteiger partial charge < -0.3 is 5.73 Å². The number of fused-ring (bicyclic) bond motifs is 1. The highest BCUT2D eigenvalue weighted by atomic mass is 35.5. The first-order valence-corrected chi connectivity index (χ1v) is 6.12. The number of aryl methyl sites for hydroxylation is 1. The van der Waals surface area contributed by atoms with Gasteiger partial charge in [0.2, 0.25) is 11.8 Å². The molecule has 1 atom stereocenters. The number of imide groups is 1. The fourth-order valence-electron chi connectivity index (χ4n) is 2.51. The first kappa shape index (κ1) is 14.3. The van der Waals surface area contributed by atoms with Crippen LogP contribution >= 0.6 is 12.4 Å². The van der Waals surface area contributed by atoms with Crippen molar-refractivity contribution in [1.82, 2.24) is 15.1 Å². The maximum atomic E-state index is 11.9. The van der Waals surface area contributed by atoms with Crippen LogP contribution in [0.5, 0.6) is 0 Å². The lowest BCUT2D eigenvalue weighted by atomic mass is 9.93. The lowest BCUT2D eigenvalue weighted by Crippen LogP contribution is -2.39. The van der Waals surface area contributed by atoms with Crippen molar-refractivity contribution < 1.29 is 9.59 Å². The minimum absolute atomic E-state index is 0. The van der Waals surface area contributed by atoms with Crippen molar-refractivity contribution in [3.05, 3.63) is 23.9 Å². The number of benzene rings is 1. The summed E-state index contributed by atoms with van der Waals surface area (Å²) < 4.78 is 1.71. The van der Waals surface area contributed by atoms with Gasteiger partial charge in [-0.25, -0.2) is 0 Å². The van der Waals surface area contributed by atoms with Crippen molar-refractivity contribution in [2.75, 3.05) is 5.73 Å². The van der Waals surface area contributed by atoms with Crippen molar-refractivity contribution in [2.24, 2.45) is 7.05 Å². The number of nitrogen functional groups attached to an aromatic ring is 1. The second-order valence-electron chi connectivity index (χ2n) is 4.79. The van der Waals surface area contributed by atoms with Crippen molar-refractivity contribution in [2.45, 2.75) is 18.8 Å². The summed E-state index contributed by atoms with van der Waals surface area (Å²) in [5.74, 6) is -0.858. The summed E-state index contributed by atoms with van der Waals surface area (Å²) in [5, 5.41) is 7.69. The van der Waals surface area contributed by atoms with Crippen LogP contribution in [0, 0.1) is 0 Å². The smallest absolute Gasteiger partial charge is 0.235 e. The molecule has 1 saturated heterocycles. The van der Waals surface area contributed by atoms with Gasteiger partial charge in [0.1, 0.15) is 0 Å². The number of anilines is 1. The second-order valence-corrected chi connectivity index (χ2v) is 4.79. The van der Waals surface area contributed by atoms with Gasteiger partial charge in [-0.2, -0.15) is 5.10 Å². The number of rotatable bonds is 1. The van der Waals surface area contributed by atoms with Gasteiger partial charge in [0.05, 0.1) is 17.1 Å². The third-order valence-electron chi connectivity index (χ3n) is 3.47. The number of amides is 2. The molecule has 1 aliphatic rings. The SMILES string of the molecule is Cl.Cn1nc(C2CCC(=O)NC2=O)c2ccc(N)cc21. The quantitative estimate of drug-likeness (QED) is 0.609. The minimum Gasteiger partial charge on any atom is -0.399 e. The lowest BCUT2D eigenvalue weighted by molar-refractivity contribution is -0.134. The van der Waals surface area contributed by atoms with Crippen molar-refractivity contribution in [1.29, 1.82) is 0 Å². The summed E-state index contributed by atoms with van der Waals surface area (Å²) in [4.78, 5) is 23.1. The Kier molecular flexibility index (Phi) is 3.67. The Labute approximate surface area is 121 Å². The molecule has 0 saturated carbocycles. The van der Waals surface area contributed by atoms with E-state index >= 15 is 0 Å².